The summed E-state index contributed by atoms with van der Waals surface area (Å²) in [6.45, 7) is 6.25. The lowest BCUT2D eigenvalue weighted by molar-refractivity contribution is 0.286. The maximum atomic E-state index is 5.84. The molecule has 4 heteroatoms. The van der Waals surface area contributed by atoms with Crippen molar-refractivity contribution in [1.82, 2.24) is 5.16 Å². The lowest BCUT2D eigenvalue weighted by Gasteiger charge is -2.11. The molecular formula is C14H18N2O2. The number of hydrogen-bond donors (Lipinski definition) is 1. The molecule has 4 nitrogen and oxygen atoms in total. The fourth-order valence-electron chi connectivity index (χ4n) is 1.76. The Balaban J connectivity index is 2.05. The van der Waals surface area contributed by atoms with Crippen LogP contribution in [0.3, 0.4) is 0 Å². The van der Waals surface area contributed by atoms with E-state index in [1.807, 2.05) is 45.0 Å². The summed E-state index contributed by atoms with van der Waals surface area (Å²) in [5.41, 5.74) is 8.81. The summed E-state index contributed by atoms with van der Waals surface area (Å²) in [6, 6.07) is 7.89. The van der Waals surface area contributed by atoms with E-state index in [1.54, 1.807) is 0 Å². The Bertz CT molecular complexity index is 532. The standard InChI is InChI=1S/C14H18N2O2/c1-9-6-12(11(3)15)4-5-14(9)17-8-13-7-10(2)18-16-13/h4-7,11H,8,15H2,1-3H3/t11-/m1/s1. The molecule has 0 saturated carbocycles. The molecule has 18 heavy (non-hydrogen) atoms. The minimum absolute atomic E-state index is 0.0379. The van der Waals surface area contributed by atoms with E-state index in [4.69, 9.17) is 15.0 Å². The normalized spacial score (nSPS) is 12.4. The van der Waals surface area contributed by atoms with Crippen molar-refractivity contribution >= 4 is 0 Å². The van der Waals surface area contributed by atoms with Crippen LogP contribution in [0.2, 0.25) is 0 Å². The molecule has 0 spiro atoms. The van der Waals surface area contributed by atoms with Crippen LogP contribution in [-0.4, -0.2) is 5.16 Å². The second kappa shape index (κ2) is 5.23. The van der Waals surface area contributed by atoms with Crippen molar-refractivity contribution in [3.8, 4) is 5.75 Å². The molecule has 0 aliphatic rings. The van der Waals surface area contributed by atoms with E-state index in [9.17, 15) is 0 Å². The molecule has 0 aliphatic heterocycles. The molecule has 0 unspecified atom stereocenters. The molecule has 1 heterocycles. The molecule has 1 atom stereocenters. The molecule has 0 aliphatic carbocycles. The topological polar surface area (TPSA) is 61.3 Å². The van der Waals surface area contributed by atoms with Crippen molar-refractivity contribution in [3.63, 3.8) is 0 Å². The highest BCUT2D eigenvalue weighted by atomic mass is 16.5. The zero-order valence-electron chi connectivity index (χ0n) is 10.9. The average Bonchev–Trinajstić information content (AvgIpc) is 2.73. The molecule has 1 aromatic carbocycles. The van der Waals surface area contributed by atoms with Crippen molar-refractivity contribution in [3.05, 3.63) is 46.8 Å². The number of nitrogens with zero attached hydrogens (tertiary/aromatic N) is 1. The van der Waals surface area contributed by atoms with E-state index >= 15 is 0 Å². The third kappa shape index (κ3) is 2.90. The van der Waals surface area contributed by atoms with Gasteiger partial charge in [0.05, 0.1) is 0 Å². The first-order valence-corrected chi connectivity index (χ1v) is 5.97. The van der Waals surface area contributed by atoms with Gasteiger partial charge in [0.1, 0.15) is 23.8 Å². The number of rotatable bonds is 4. The van der Waals surface area contributed by atoms with Crippen molar-refractivity contribution in [2.75, 3.05) is 0 Å². The minimum Gasteiger partial charge on any atom is -0.487 e. The number of aromatic nitrogens is 1. The van der Waals surface area contributed by atoms with Gasteiger partial charge >= 0.3 is 0 Å². The predicted molar refractivity (Wildman–Crippen MR) is 69.4 cm³/mol. The largest absolute Gasteiger partial charge is 0.487 e. The zero-order valence-corrected chi connectivity index (χ0v) is 10.9. The van der Waals surface area contributed by atoms with Crippen LogP contribution in [0, 0.1) is 13.8 Å². The van der Waals surface area contributed by atoms with E-state index in [0.29, 0.717) is 6.61 Å². The fourth-order valence-corrected chi connectivity index (χ4v) is 1.76. The summed E-state index contributed by atoms with van der Waals surface area (Å²) in [5, 5.41) is 3.89. The molecule has 2 N–H and O–H groups in total. The van der Waals surface area contributed by atoms with Gasteiger partial charge in [0.15, 0.2) is 0 Å². The van der Waals surface area contributed by atoms with Gasteiger partial charge in [-0.05, 0) is 38.0 Å². The Morgan fingerprint density at radius 2 is 2.11 bits per heavy atom. The smallest absolute Gasteiger partial charge is 0.134 e. The van der Waals surface area contributed by atoms with Crippen molar-refractivity contribution < 1.29 is 9.26 Å². The molecule has 2 rings (SSSR count). The third-order valence-electron chi connectivity index (χ3n) is 2.78. The number of benzene rings is 1. The Kier molecular flexibility index (Phi) is 3.67. The monoisotopic (exact) mass is 246 g/mol. The molecule has 0 radical (unpaired) electrons. The van der Waals surface area contributed by atoms with E-state index < -0.39 is 0 Å². The molecule has 2 aromatic rings. The van der Waals surface area contributed by atoms with Crippen LogP contribution in [-0.2, 0) is 6.61 Å². The van der Waals surface area contributed by atoms with E-state index in [2.05, 4.69) is 5.16 Å². The van der Waals surface area contributed by atoms with Gasteiger partial charge in [-0.1, -0.05) is 17.3 Å². The second-order valence-corrected chi connectivity index (χ2v) is 4.53. The summed E-state index contributed by atoms with van der Waals surface area (Å²) in [6.07, 6.45) is 0. The number of aryl methyl sites for hydroxylation is 2. The van der Waals surface area contributed by atoms with Gasteiger partial charge in [0, 0.05) is 12.1 Å². The summed E-state index contributed by atoms with van der Waals surface area (Å²) in [4.78, 5) is 0. The highest BCUT2D eigenvalue weighted by Crippen LogP contribution is 2.22. The SMILES string of the molecule is Cc1cc(COc2ccc([C@@H](C)N)cc2C)no1. The highest BCUT2D eigenvalue weighted by Gasteiger charge is 2.06. The van der Waals surface area contributed by atoms with Gasteiger partial charge < -0.3 is 15.0 Å². The van der Waals surface area contributed by atoms with Gasteiger partial charge in [-0.3, -0.25) is 0 Å². The number of hydrogen-bond acceptors (Lipinski definition) is 4. The lowest BCUT2D eigenvalue weighted by atomic mass is 10.1. The molecular weight excluding hydrogens is 228 g/mol. The van der Waals surface area contributed by atoms with Gasteiger partial charge in [-0.2, -0.15) is 0 Å². The van der Waals surface area contributed by atoms with Crippen LogP contribution < -0.4 is 10.5 Å². The lowest BCUT2D eigenvalue weighted by Crippen LogP contribution is -2.05. The Morgan fingerprint density at radius 1 is 1.33 bits per heavy atom. The maximum absolute atomic E-state index is 5.84. The molecule has 0 fully saturated rings. The van der Waals surface area contributed by atoms with Crippen LogP contribution in [0.25, 0.3) is 0 Å². The molecule has 96 valence electrons. The molecule has 0 saturated heterocycles. The van der Waals surface area contributed by atoms with Crippen molar-refractivity contribution in [2.45, 2.75) is 33.4 Å². The quantitative estimate of drug-likeness (QED) is 0.901. The van der Waals surface area contributed by atoms with Gasteiger partial charge in [-0.25, -0.2) is 0 Å². The fraction of sp³-hybridized carbons (Fsp3) is 0.357. The molecule has 0 amide bonds. The van der Waals surface area contributed by atoms with Crippen LogP contribution in [0.1, 0.15) is 35.5 Å². The number of ether oxygens (including phenoxy) is 1. The predicted octanol–water partition coefficient (Wildman–Crippen LogP) is 2.89. The van der Waals surface area contributed by atoms with E-state index in [1.165, 1.54) is 0 Å². The summed E-state index contributed by atoms with van der Waals surface area (Å²) < 4.78 is 10.7. The van der Waals surface area contributed by atoms with Crippen LogP contribution in [0.5, 0.6) is 5.75 Å². The van der Waals surface area contributed by atoms with Crippen molar-refractivity contribution in [2.24, 2.45) is 5.73 Å². The van der Waals surface area contributed by atoms with Crippen LogP contribution in [0.15, 0.2) is 28.8 Å². The van der Waals surface area contributed by atoms with Gasteiger partial charge in [-0.15, -0.1) is 0 Å². The van der Waals surface area contributed by atoms with Crippen LogP contribution >= 0.6 is 0 Å². The Labute approximate surface area is 107 Å². The minimum atomic E-state index is 0.0379. The third-order valence-corrected chi connectivity index (χ3v) is 2.78. The van der Waals surface area contributed by atoms with Crippen molar-refractivity contribution in [1.29, 1.82) is 0 Å². The van der Waals surface area contributed by atoms with Gasteiger partial charge in [0.2, 0.25) is 0 Å². The summed E-state index contributed by atoms with van der Waals surface area (Å²) >= 11 is 0. The Hall–Kier alpha value is -1.81. The summed E-state index contributed by atoms with van der Waals surface area (Å²) in [7, 11) is 0. The first-order chi connectivity index (χ1) is 8.56. The second-order valence-electron chi connectivity index (χ2n) is 4.53. The highest BCUT2D eigenvalue weighted by molar-refractivity contribution is 5.37. The van der Waals surface area contributed by atoms with E-state index in [-0.39, 0.29) is 6.04 Å². The summed E-state index contributed by atoms with van der Waals surface area (Å²) in [5.74, 6) is 1.64. The van der Waals surface area contributed by atoms with Gasteiger partial charge in [0.25, 0.3) is 0 Å². The van der Waals surface area contributed by atoms with E-state index in [0.717, 1.165) is 28.3 Å². The van der Waals surface area contributed by atoms with Crippen LogP contribution in [0.4, 0.5) is 0 Å². The molecule has 1 aromatic heterocycles. The first kappa shape index (κ1) is 12.6. The zero-order chi connectivity index (χ0) is 13.1. The molecule has 0 bridgehead atoms. The number of nitrogens with two attached hydrogens (primary N) is 1. The first-order valence-electron chi connectivity index (χ1n) is 5.97. The average molecular weight is 246 g/mol. The maximum Gasteiger partial charge on any atom is 0.134 e. The Morgan fingerprint density at radius 3 is 2.67 bits per heavy atom.